The van der Waals surface area contributed by atoms with Gasteiger partial charge >= 0.3 is 0 Å². The van der Waals surface area contributed by atoms with Crippen LogP contribution in [0, 0.1) is 6.92 Å². The quantitative estimate of drug-likeness (QED) is 0.542. The molecule has 0 aliphatic heterocycles. The van der Waals surface area contributed by atoms with Crippen molar-refractivity contribution >= 4 is 28.8 Å². The average Bonchev–Trinajstić information content (AvgIpc) is 3.23. The summed E-state index contributed by atoms with van der Waals surface area (Å²) in [7, 11) is 0. The first-order valence-corrected chi connectivity index (χ1v) is 9.08. The summed E-state index contributed by atoms with van der Waals surface area (Å²) >= 11 is 0. The van der Waals surface area contributed by atoms with Crippen LogP contribution in [0.5, 0.6) is 0 Å². The Bertz CT molecular complexity index is 943. The molecule has 0 spiro atoms. The van der Waals surface area contributed by atoms with Crippen molar-refractivity contribution in [2.45, 2.75) is 40.3 Å². The molecule has 3 rings (SSSR count). The number of carbonyl (C=O) groups excluding carboxylic acids is 1. The number of carbonyl (C=O) groups is 1. The van der Waals surface area contributed by atoms with Gasteiger partial charge in [-0.25, -0.2) is 4.98 Å². The molecule has 0 unspecified atom stereocenters. The van der Waals surface area contributed by atoms with Crippen molar-refractivity contribution in [1.29, 1.82) is 0 Å². The summed E-state index contributed by atoms with van der Waals surface area (Å²) in [5.74, 6) is 0.667. The Kier molecular flexibility index (Phi) is 5.53. The second-order valence-electron chi connectivity index (χ2n) is 6.21. The van der Waals surface area contributed by atoms with E-state index in [1.165, 1.54) is 0 Å². The lowest BCUT2D eigenvalue weighted by Gasteiger charge is -2.09. The van der Waals surface area contributed by atoms with E-state index >= 15 is 0 Å². The first-order chi connectivity index (χ1) is 13.0. The van der Waals surface area contributed by atoms with Gasteiger partial charge in [-0.15, -0.1) is 0 Å². The maximum absolute atomic E-state index is 12.4. The molecule has 0 aliphatic rings. The van der Waals surface area contributed by atoms with E-state index < -0.39 is 0 Å². The third kappa shape index (κ3) is 3.99. The lowest BCUT2D eigenvalue weighted by molar-refractivity contribution is 0.0941. The number of amides is 1. The average molecular weight is 371 g/mol. The number of imidazole rings is 1. The predicted octanol–water partition coefficient (Wildman–Crippen LogP) is 1.19. The smallest absolute Gasteiger partial charge is 0.269 e. The Hall–Kier alpha value is -3.17. The molecule has 0 saturated carbocycles. The molecule has 4 N–H and O–H groups in total. The number of nitrogens with zero attached hydrogens (tertiary/aromatic N) is 6. The Morgan fingerprint density at radius 3 is 2.81 bits per heavy atom. The van der Waals surface area contributed by atoms with Gasteiger partial charge in [0.15, 0.2) is 17.0 Å². The van der Waals surface area contributed by atoms with Gasteiger partial charge in [0.25, 0.3) is 5.91 Å². The first-order valence-electron chi connectivity index (χ1n) is 9.08. The summed E-state index contributed by atoms with van der Waals surface area (Å²) in [5, 5.41) is 10.4. The molecule has 3 aromatic heterocycles. The monoisotopic (exact) mass is 371 g/mol. The molecule has 27 heavy (non-hydrogen) atoms. The van der Waals surface area contributed by atoms with Gasteiger partial charge in [-0.3, -0.25) is 9.48 Å². The van der Waals surface area contributed by atoms with E-state index in [2.05, 4.69) is 37.6 Å². The Balaban J connectivity index is 1.70. The van der Waals surface area contributed by atoms with Crippen LogP contribution in [0.25, 0.3) is 11.2 Å². The van der Waals surface area contributed by atoms with Gasteiger partial charge in [0.2, 0.25) is 5.95 Å². The Labute approximate surface area is 157 Å². The fourth-order valence-corrected chi connectivity index (χ4v) is 2.84. The van der Waals surface area contributed by atoms with Crippen molar-refractivity contribution in [2.24, 2.45) is 0 Å². The Morgan fingerprint density at radius 2 is 2.07 bits per heavy atom. The molecule has 3 heterocycles. The summed E-state index contributed by atoms with van der Waals surface area (Å²) in [4.78, 5) is 25.3. The van der Waals surface area contributed by atoms with Gasteiger partial charge in [-0.2, -0.15) is 15.1 Å². The van der Waals surface area contributed by atoms with E-state index in [1.807, 2.05) is 18.4 Å². The second-order valence-corrected chi connectivity index (χ2v) is 6.21. The van der Waals surface area contributed by atoms with Crippen molar-refractivity contribution in [2.75, 3.05) is 24.1 Å². The van der Waals surface area contributed by atoms with Crippen molar-refractivity contribution in [1.82, 2.24) is 34.6 Å². The van der Waals surface area contributed by atoms with E-state index in [0.717, 1.165) is 18.7 Å². The van der Waals surface area contributed by atoms with Crippen LogP contribution >= 0.6 is 0 Å². The van der Waals surface area contributed by atoms with Crippen molar-refractivity contribution < 1.29 is 4.79 Å². The minimum absolute atomic E-state index is 0.152. The predicted molar refractivity (Wildman–Crippen MR) is 103 cm³/mol. The number of hydrogen-bond acceptors (Lipinski definition) is 7. The number of aryl methyl sites for hydroxylation is 2. The number of anilines is 2. The van der Waals surface area contributed by atoms with E-state index in [-0.39, 0.29) is 11.9 Å². The number of rotatable bonds is 8. The third-order valence-corrected chi connectivity index (χ3v) is 4.10. The normalized spacial score (nSPS) is 11.1. The van der Waals surface area contributed by atoms with E-state index in [9.17, 15) is 4.79 Å². The van der Waals surface area contributed by atoms with Gasteiger partial charge < -0.3 is 20.9 Å². The molecule has 0 aliphatic carbocycles. The van der Waals surface area contributed by atoms with Gasteiger partial charge in [0.1, 0.15) is 5.69 Å². The van der Waals surface area contributed by atoms with E-state index in [0.29, 0.717) is 42.3 Å². The van der Waals surface area contributed by atoms with Gasteiger partial charge in [-0.1, -0.05) is 6.92 Å². The number of fused-ring (bicyclic) bond motifs is 1. The summed E-state index contributed by atoms with van der Waals surface area (Å²) in [6.07, 6.45) is 2.65. The molecule has 0 saturated heterocycles. The first kappa shape index (κ1) is 18.6. The molecule has 0 bridgehead atoms. The molecule has 0 atom stereocenters. The highest BCUT2D eigenvalue weighted by atomic mass is 16.2. The molecule has 1 amide bonds. The second kappa shape index (κ2) is 8.02. The van der Waals surface area contributed by atoms with Crippen LogP contribution in [0.4, 0.5) is 11.8 Å². The maximum Gasteiger partial charge on any atom is 0.269 e. The fourth-order valence-electron chi connectivity index (χ4n) is 2.84. The zero-order chi connectivity index (χ0) is 19.4. The van der Waals surface area contributed by atoms with Crippen LogP contribution in [0.15, 0.2) is 12.4 Å². The molecular formula is C17H25N9O. The highest BCUT2D eigenvalue weighted by Crippen LogP contribution is 2.19. The minimum atomic E-state index is -0.152. The number of nitrogen functional groups attached to an aromatic ring is 1. The highest BCUT2D eigenvalue weighted by Gasteiger charge is 2.14. The standard InChI is InChI=1S/C17H25N9O/c1-4-6-19-14-13-15(23-17(18)22-14)25(10-21-13)8-7-20-16(27)12-9-11(3)24-26(12)5-2/h9-10H,4-8H2,1-3H3,(H,20,27)(H3,18,19,22,23). The van der Waals surface area contributed by atoms with Crippen LogP contribution in [-0.2, 0) is 13.1 Å². The van der Waals surface area contributed by atoms with E-state index in [1.54, 1.807) is 17.1 Å². The Morgan fingerprint density at radius 1 is 1.26 bits per heavy atom. The lowest BCUT2D eigenvalue weighted by atomic mass is 10.3. The molecule has 10 nitrogen and oxygen atoms in total. The maximum atomic E-state index is 12.4. The van der Waals surface area contributed by atoms with Crippen LogP contribution in [-0.4, -0.2) is 48.3 Å². The summed E-state index contributed by atoms with van der Waals surface area (Å²) in [6, 6.07) is 1.78. The van der Waals surface area contributed by atoms with Crippen molar-refractivity contribution in [3.63, 3.8) is 0 Å². The van der Waals surface area contributed by atoms with E-state index in [4.69, 9.17) is 5.73 Å². The molecular weight excluding hydrogens is 346 g/mol. The number of hydrogen-bond donors (Lipinski definition) is 3. The van der Waals surface area contributed by atoms with Crippen LogP contribution in [0.3, 0.4) is 0 Å². The largest absolute Gasteiger partial charge is 0.368 e. The van der Waals surface area contributed by atoms with Crippen LogP contribution in [0.1, 0.15) is 36.5 Å². The van der Waals surface area contributed by atoms with Gasteiger partial charge in [0.05, 0.1) is 12.0 Å². The lowest BCUT2D eigenvalue weighted by Crippen LogP contribution is -2.29. The van der Waals surface area contributed by atoms with Crippen molar-refractivity contribution in [3.8, 4) is 0 Å². The number of nitrogens with two attached hydrogens (primary N) is 1. The van der Waals surface area contributed by atoms with Crippen LogP contribution in [0.2, 0.25) is 0 Å². The molecule has 0 radical (unpaired) electrons. The third-order valence-electron chi connectivity index (χ3n) is 4.10. The van der Waals surface area contributed by atoms with Gasteiger partial charge in [0, 0.05) is 26.2 Å². The summed E-state index contributed by atoms with van der Waals surface area (Å²) in [5.41, 5.74) is 8.52. The number of aromatic nitrogens is 6. The fraction of sp³-hybridized carbons (Fsp3) is 0.471. The molecule has 0 fully saturated rings. The van der Waals surface area contributed by atoms with Crippen LogP contribution < -0.4 is 16.4 Å². The topological polar surface area (TPSA) is 129 Å². The van der Waals surface area contributed by atoms with Gasteiger partial charge in [-0.05, 0) is 26.3 Å². The minimum Gasteiger partial charge on any atom is -0.368 e. The molecule has 3 aromatic rings. The SMILES string of the molecule is CCCNc1nc(N)nc2c1ncn2CCNC(=O)c1cc(C)nn1CC. The highest BCUT2D eigenvalue weighted by molar-refractivity contribution is 5.92. The summed E-state index contributed by atoms with van der Waals surface area (Å²) < 4.78 is 3.55. The molecule has 0 aromatic carbocycles. The zero-order valence-electron chi connectivity index (χ0n) is 15.9. The molecule has 144 valence electrons. The summed E-state index contributed by atoms with van der Waals surface area (Å²) in [6.45, 7) is 8.27. The van der Waals surface area contributed by atoms with Crippen molar-refractivity contribution in [3.05, 3.63) is 23.8 Å². The zero-order valence-corrected chi connectivity index (χ0v) is 15.9. The number of nitrogens with one attached hydrogen (secondary N) is 2. The molecule has 10 heteroatoms.